The quantitative estimate of drug-likeness (QED) is 0.754. The lowest BCUT2D eigenvalue weighted by Crippen LogP contribution is -2.55. The summed E-state index contributed by atoms with van der Waals surface area (Å²) in [7, 11) is 0. The van der Waals surface area contributed by atoms with E-state index in [4.69, 9.17) is 4.74 Å². The van der Waals surface area contributed by atoms with Gasteiger partial charge in [0.1, 0.15) is 12.4 Å². The molecule has 0 bridgehead atoms. The van der Waals surface area contributed by atoms with Crippen molar-refractivity contribution >= 4 is 5.97 Å². The van der Waals surface area contributed by atoms with Gasteiger partial charge in [0.2, 0.25) is 0 Å². The molecule has 112 valence electrons. The van der Waals surface area contributed by atoms with Crippen molar-refractivity contribution in [2.75, 3.05) is 13.2 Å². The van der Waals surface area contributed by atoms with Crippen molar-refractivity contribution in [2.24, 2.45) is 5.41 Å². The minimum absolute atomic E-state index is 0.503. The van der Waals surface area contributed by atoms with Gasteiger partial charge in [0, 0.05) is 12.1 Å². The van der Waals surface area contributed by atoms with Gasteiger partial charge in [-0.05, 0) is 52.3 Å². The molecule has 0 atom stereocenters. The molecule has 0 heterocycles. The van der Waals surface area contributed by atoms with Crippen LogP contribution in [0.15, 0.2) is 24.3 Å². The second-order valence-corrected chi connectivity index (χ2v) is 6.15. The molecule has 0 unspecified atom stereocenters. The number of aryl methyl sites for hydroxylation is 1. The fourth-order valence-corrected chi connectivity index (χ4v) is 1.73. The molecule has 1 rings (SSSR count). The normalized spacial score (nSPS) is 12.2. The van der Waals surface area contributed by atoms with E-state index in [0.717, 1.165) is 11.3 Å². The Morgan fingerprint density at radius 1 is 1.30 bits per heavy atom. The van der Waals surface area contributed by atoms with Crippen LogP contribution in [0.2, 0.25) is 0 Å². The molecule has 0 fully saturated rings. The van der Waals surface area contributed by atoms with Crippen LogP contribution >= 0.6 is 0 Å². The predicted octanol–water partition coefficient (Wildman–Crippen LogP) is 2.85. The van der Waals surface area contributed by atoms with Gasteiger partial charge in [0.05, 0.1) is 5.41 Å². The van der Waals surface area contributed by atoms with E-state index in [9.17, 15) is 9.90 Å². The number of carbonyl (C=O) groups is 1. The summed E-state index contributed by atoms with van der Waals surface area (Å²) in [5.41, 5.74) is -0.215. The highest BCUT2D eigenvalue weighted by Crippen LogP contribution is 2.30. The first-order valence-corrected chi connectivity index (χ1v) is 6.85. The number of aliphatic carboxylic acids is 1. The van der Waals surface area contributed by atoms with Crippen LogP contribution in [-0.2, 0) is 4.79 Å². The summed E-state index contributed by atoms with van der Waals surface area (Å²) in [5, 5.41) is 12.5. The first kappa shape index (κ1) is 16.5. The summed E-state index contributed by atoms with van der Waals surface area (Å²) in [6.45, 7) is 10.4. The molecule has 0 spiro atoms. The standard InChI is InChI=1S/C16H25NO3/c1-12-7-6-8-13(11-12)20-10-9-17-16(4,5)15(2,3)14(18)19/h6-8,11,17H,9-10H2,1-5H3,(H,18,19). The largest absolute Gasteiger partial charge is 0.492 e. The van der Waals surface area contributed by atoms with E-state index in [1.807, 2.05) is 45.0 Å². The number of carboxylic acids is 1. The average molecular weight is 279 g/mol. The molecule has 0 amide bonds. The van der Waals surface area contributed by atoms with Crippen molar-refractivity contribution in [1.29, 1.82) is 0 Å². The molecule has 4 heteroatoms. The molecule has 1 aromatic carbocycles. The van der Waals surface area contributed by atoms with Gasteiger partial charge >= 0.3 is 5.97 Å². The van der Waals surface area contributed by atoms with Gasteiger partial charge in [-0.25, -0.2) is 0 Å². The van der Waals surface area contributed by atoms with Crippen molar-refractivity contribution in [1.82, 2.24) is 5.32 Å². The van der Waals surface area contributed by atoms with Gasteiger partial charge < -0.3 is 15.2 Å². The molecule has 0 aliphatic heterocycles. The van der Waals surface area contributed by atoms with Crippen molar-refractivity contribution < 1.29 is 14.6 Å². The summed E-state index contributed by atoms with van der Waals surface area (Å²) in [5.74, 6) is 0.0247. The second kappa shape index (κ2) is 6.27. The highest BCUT2D eigenvalue weighted by atomic mass is 16.5. The maximum Gasteiger partial charge on any atom is 0.310 e. The first-order chi connectivity index (χ1) is 9.17. The molecule has 0 aliphatic carbocycles. The van der Waals surface area contributed by atoms with Crippen molar-refractivity contribution in [2.45, 2.75) is 40.2 Å². The lowest BCUT2D eigenvalue weighted by Gasteiger charge is -2.39. The van der Waals surface area contributed by atoms with E-state index >= 15 is 0 Å². The number of hydrogen-bond donors (Lipinski definition) is 2. The van der Waals surface area contributed by atoms with Crippen LogP contribution in [-0.4, -0.2) is 29.8 Å². The smallest absolute Gasteiger partial charge is 0.310 e. The zero-order valence-electron chi connectivity index (χ0n) is 13.0. The lowest BCUT2D eigenvalue weighted by molar-refractivity contribution is -0.151. The Morgan fingerprint density at radius 3 is 2.50 bits per heavy atom. The molecule has 0 radical (unpaired) electrons. The number of nitrogens with one attached hydrogen (secondary N) is 1. The van der Waals surface area contributed by atoms with Crippen molar-refractivity contribution in [3.8, 4) is 5.75 Å². The van der Waals surface area contributed by atoms with E-state index in [2.05, 4.69) is 5.32 Å². The van der Waals surface area contributed by atoms with E-state index in [0.29, 0.717) is 13.2 Å². The van der Waals surface area contributed by atoms with Crippen LogP contribution < -0.4 is 10.1 Å². The molecule has 1 aromatic rings. The summed E-state index contributed by atoms with van der Waals surface area (Å²) in [6, 6.07) is 7.87. The Hall–Kier alpha value is -1.55. The monoisotopic (exact) mass is 279 g/mol. The molecular formula is C16H25NO3. The molecule has 0 saturated heterocycles. The van der Waals surface area contributed by atoms with Gasteiger partial charge in [0.25, 0.3) is 0 Å². The Morgan fingerprint density at radius 2 is 1.95 bits per heavy atom. The summed E-state index contributed by atoms with van der Waals surface area (Å²) < 4.78 is 5.65. The van der Waals surface area contributed by atoms with E-state index in [1.165, 1.54) is 0 Å². The SMILES string of the molecule is Cc1cccc(OCCNC(C)(C)C(C)(C)C(=O)O)c1. The summed E-state index contributed by atoms with van der Waals surface area (Å²) in [4.78, 5) is 11.3. The number of hydrogen-bond acceptors (Lipinski definition) is 3. The van der Waals surface area contributed by atoms with Crippen LogP contribution in [0.1, 0.15) is 33.3 Å². The number of rotatable bonds is 7. The highest BCUT2D eigenvalue weighted by Gasteiger charge is 2.42. The van der Waals surface area contributed by atoms with Crippen LogP contribution in [0.5, 0.6) is 5.75 Å². The lowest BCUT2D eigenvalue weighted by atomic mass is 9.74. The molecule has 0 aromatic heterocycles. The maximum atomic E-state index is 11.3. The fraction of sp³-hybridized carbons (Fsp3) is 0.562. The average Bonchev–Trinajstić information content (AvgIpc) is 2.34. The third-order valence-electron chi connectivity index (χ3n) is 4.02. The Balaban J connectivity index is 2.46. The summed E-state index contributed by atoms with van der Waals surface area (Å²) >= 11 is 0. The highest BCUT2D eigenvalue weighted by molar-refractivity contribution is 5.75. The predicted molar refractivity (Wildman–Crippen MR) is 80.2 cm³/mol. The zero-order valence-corrected chi connectivity index (χ0v) is 13.0. The maximum absolute atomic E-state index is 11.3. The minimum atomic E-state index is -0.851. The zero-order chi connectivity index (χ0) is 15.4. The van der Waals surface area contributed by atoms with Gasteiger partial charge in [-0.15, -0.1) is 0 Å². The van der Waals surface area contributed by atoms with Crippen LogP contribution in [0.4, 0.5) is 0 Å². The fourth-order valence-electron chi connectivity index (χ4n) is 1.73. The Labute approximate surface area is 121 Å². The van der Waals surface area contributed by atoms with Crippen LogP contribution in [0.3, 0.4) is 0 Å². The molecule has 0 aliphatic rings. The molecule has 20 heavy (non-hydrogen) atoms. The van der Waals surface area contributed by atoms with Crippen molar-refractivity contribution in [3.63, 3.8) is 0 Å². The molecule has 2 N–H and O–H groups in total. The number of benzene rings is 1. The number of ether oxygens (including phenoxy) is 1. The molecule has 4 nitrogen and oxygen atoms in total. The molecule has 0 saturated carbocycles. The van der Waals surface area contributed by atoms with Crippen LogP contribution in [0.25, 0.3) is 0 Å². The Bertz CT molecular complexity index is 467. The first-order valence-electron chi connectivity index (χ1n) is 6.85. The summed E-state index contributed by atoms with van der Waals surface area (Å²) in [6.07, 6.45) is 0. The third-order valence-corrected chi connectivity index (χ3v) is 4.02. The van der Waals surface area contributed by atoms with Crippen LogP contribution in [0, 0.1) is 12.3 Å². The van der Waals surface area contributed by atoms with Gasteiger partial charge in [-0.2, -0.15) is 0 Å². The topological polar surface area (TPSA) is 58.6 Å². The van der Waals surface area contributed by atoms with E-state index < -0.39 is 16.9 Å². The Kier molecular flexibility index (Phi) is 5.17. The van der Waals surface area contributed by atoms with E-state index in [1.54, 1.807) is 13.8 Å². The van der Waals surface area contributed by atoms with E-state index in [-0.39, 0.29) is 0 Å². The van der Waals surface area contributed by atoms with Gasteiger partial charge in [-0.3, -0.25) is 4.79 Å². The number of carboxylic acid groups (broad SMARTS) is 1. The molecular weight excluding hydrogens is 254 g/mol. The minimum Gasteiger partial charge on any atom is -0.492 e. The second-order valence-electron chi connectivity index (χ2n) is 6.15. The van der Waals surface area contributed by atoms with Gasteiger partial charge in [0.15, 0.2) is 0 Å². The van der Waals surface area contributed by atoms with Gasteiger partial charge in [-0.1, -0.05) is 12.1 Å². The third kappa shape index (κ3) is 3.97. The van der Waals surface area contributed by atoms with Crippen molar-refractivity contribution in [3.05, 3.63) is 29.8 Å².